The van der Waals surface area contributed by atoms with E-state index in [9.17, 15) is 0 Å². The summed E-state index contributed by atoms with van der Waals surface area (Å²) in [6.45, 7) is 18.9. The molecule has 0 fully saturated rings. The van der Waals surface area contributed by atoms with E-state index >= 15 is 0 Å². The Morgan fingerprint density at radius 2 is 0.836 bits per heavy atom. The van der Waals surface area contributed by atoms with Crippen molar-refractivity contribution < 1.29 is 0 Å². The van der Waals surface area contributed by atoms with Gasteiger partial charge in [-0.1, -0.05) is 173 Å². The number of aryl methyl sites for hydroxylation is 6. The first-order valence-corrected chi connectivity index (χ1v) is 21.9. The maximum absolute atomic E-state index is 2.71. The highest BCUT2D eigenvalue weighted by molar-refractivity contribution is 7.02. The average molecular weight is 785 g/mol. The Morgan fingerprint density at radius 3 is 1.36 bits per heavy atom. The molecule has 3 heterocycles. The van der Waals surface area contributed by atoms with Gasteiger partial charge in [0, 0.05) is 39.5 Å². The predicted molar refractivity (Wildman–Crippen MR) is 264 cm³/mol. The maximum atomic E-state index is 2.71. The summed E-state index contributed by atoms with van der Waals surface area (Å²) in [4.78, 5) is 5.05. The minimum atomic E-state index is -0.257. The molecule has 11 rings (SSSR count). The van der Waals surface area contributed by atoms with Crippen molar-refractivity contribution in [1.29, 1.82) is 0 Å². The Labute approximate surface area is 362 Å². The topological polar surface area (TPSA) is 6.48 Å². The van der Waals surface area contributed by atoms with Crippen LogP contribution in [0.15, 0.2) is 158 Å². The Hall–Kier alpha value is -6.51. The molecule has 61 heavy (non-hydrogen) atoms. The van der Waals surface area contributed by atoms with Gasteiger partial charge in [-0.05, 0) is 128 Å². The van der Waals surface area contributed by atoms with Crippen molar-refractivity contribution in [2.24, 2.45) is 0 Å². The van der Waals surface area contributed by atoms with Gasteiger partial charge in [-0.25, -0.2) is 0 Å². The molecule has 3 aliphatic heterocycles. The van der Waals surface area contributed by atoms with Crippen LogP contribution in [0.25, 0.3) is 11.1 Å². The van der Waals surface area contributed by atoms with Crippen LogP contribution in [0.2, 0.25) is 0 Å². The summed E-state index contributed by atoms with van der Waals surface area (Å²) in [5, 5.41) is 0. The molecule has 294 valence electrons. The van der Waals surface area contributed by atoms with E-state index in [0.29, 0.717) is 0 Å². The number of para-hydroxylation sites is 4. The highest BCUT2D eigenvalue weighted by Crippen LogP contribution is 2.53. The van der Waals surface area contributed by atoms with Gasteiger partial charge >= 0.3 is 0 Å². The van der Waals surface area contributed by atoms with E-state index in [-0.39, 0.29) is 18.8 Å². The summed E-state index contributed by atoms with van der Waals surface area (Å²) in [6.07, 6.45) is 0. The molecule has 0 aliphatic carbocycles. The average Bonchev–Trinajstić information content (AvgIpc) is 3.24. The van der Waals surface area contributed by atoms with Crippen molar-refractivity contribution in [2.75, 3.05) is 9.80 Å². The lowest BCUT2D eigenvalue weighted by molar-refractivity contribution is 0.633. The van der Waals surface area contributed by atoms with E-state index in [1.807, 2.05) is 0 Å². The fraction of sp³-hybridized carbons (Fsp3) is 0.158. The quantitative estimate of drug-likeness (QED) is 0.155. The summed E-state index contributed by atoms with van der Waals surface area (Å²) in [6, 6.07) is 59.6. The summed E-state index contributed by atoms with van der Waals surface area (Å²) in [5.41, 5.74) is 29.1. The van der Waals surface area contributed by atoms with Gasteiger partial charge in [0.1, 0.15) is 0 Å². The van der Waals surface area contributed by atoms with Gasteiger partial charge in [0.15, 0.2) is 0 Å². The second-order valence-corrected chi connectivity index (χ2v) is 18.5. The summed E-state index contributed by atoms with van der Waals surface area (Å²) >= 11 is 0. The molecule has 0 unspecified atom stereocenters. The Morgan fingerprint density at radius 1 is 0.393 bits per heavy atom. The molecule has 0 bridgehead atoms. The molecule has 0 spiro atoms. The second kappa shape index (κ2) is 13.8. The van der Waals surface area contributed by atoms with Crippen LogP contribution < -0.4 is 42.6 Å². The van der Waals surface area contributed by atoms with Gasteiger partial charge in [0.05, 0.1) is 0 Å². The number of rotatable bonds is 6. The number of hydrogen-bond acceptors (Lipinski definition) is 2. The predicted octanol–water partition coefficient (Wildman–Crippen LogP) is 10.4. The van der Waals surface area contributed by atoms with Gasteiger partial charge < -0.3 is 9.80 Å². The monoisotopic (exact) mass is 784 g/mol. The van der Waals surface area contributed by atoms with Crippen LogP contribution in [0.1, 0.15) is 58.4 Å². The number of hydrogen-bond donors (Lipinski definition) is 0. The number of nitrogens with zero attached hydrogens (tertiary/aromatic N) is 2. The lowest BCUT2D eigenvalue weighted by Crippen LogP contribution is -2.67. The molecule has 0 N–H and O–H groups in total. The standard InChI is InChI=1S/C57H50B2N2/c1-35-29-37(3)52(38(4)30-35)58-48-22-15-21-46-54(48)61-55-47(57(46,7)8)33-42(41-25-27-45(28-26-41)60(43-17-11-9-12-18-43)44-19-13-10-14-20-44)34-51(55)59(50-24-16-23-49(58)56(50)61)53-39(5)31-36(2)32-40(53)6/h9-34H,1-8H3. The molecule has 0 amide bonds. The molecule has 8 aromatic rings. The molecule has 3 aliphatic rings. The Kier molecular flexibility index (Phi) is 8.46. The third-order valence-electron chi connectivity index (χ3n) is 14.1. The molecule has 0 radical (unpaired) electrons. The van der Waals surface area contributed by atoms with Crippen molar-refractivity contribution in [3.05, 3.63) is 202 Å². The van der Waals surface area contributed by atoms with Crippen molar-refractivity contribution in [2.45, 2.75) is 60.8 Å². The largest absolute Gasteiger partial charge is 0.312 e. The Bertz CT molecular complexity index is 2990. The molecule has 0 aromatic heterocycles. The highest BCUT2D eigenvalue weighted by atomic mass is 15.2. The molecular formula is C57H50B2N2. The van der Waals surface area contributed by atoms with Crippen LogP contribution in [0.5, 0.6) is 0 Å². The highest BCUT2D eigenvalue weighted by Gasteiger charge is 2.50. The molecule has 0 saturated heterocycles. The van der Waals surface area contributed by atoms with E-state index in [4.69, 9.17) is 0 Å². The fourth-order valence-corrected chi connectivity index (χ4v) is 11.8. The number of anilines is 6. The minimum absolute atomic E-state index is 0.0647. The fourth-order valence-electron chi connectivity index (χ4n) is 11.8. The van der Waals surface area contributed by atoms with E-state index in [2.05, 4.69) is 223 Å². The minimum Gasteiger partial charge on any atom is -0.312 e. The van der Waals surface area contributed by atoms with Gasteiger partial charge in [-0.15, -0.1) is 0 Å². The molecule has 0 saturated carbocycles. The van der Waals surface area contributed by atoms with Crippen molar-refractivity contribution >= 4 is 80.3 Å². The smallest absolute Gasteiger partial charge is 0.247 e. The first-order valence-electron chi connectivity index (χ1n) is 21.9. The SMILES string of the molecule is Cc1cc(C)c(B2c3cccc4c3N3c5c2cccc5C(C)(C)c2cc(-c5ccc(N(c6ccccc6)c6ccccc6)cc5)cc(c23)B4c2c(C)cc(C)cc2C)c(C)c1. The Balaban J connectivity index is 1.17. The number of benzene rings is 8. The van der Waals surface area contributed by atoms with Crippen LogP contribution >= 0.6 is 0 Å². The van der Waals surface area contributed by atoms with E-state index in [1.54, 1.807) is 0 Å². The van der Waals surface area contributed by atoms with Crippen LogP contribution in [0.3, 0.4) is 0 Å². The van der Waals surface area contributed by atoms with E-state index in [1.165, 1.54) is 105 Å². The third kappa shape index (κ3) is 5.58. The molecule has 0 atom stereocenters. The van der Waals surface area contributed by atoms with Crippen LogP contribution in [-0.4, -0.2) is 13.4 Å². The van der Waals surface area contributed by atoms with Gasteiger partial charge in [-0.2, -0.15) is 0 Å². The maximum Gasteiger partial charge on any atom is 0.247 e. The van der Waals surface area contributed by atoms with Gasteiger partial charge in [0.2, 0.25) is 13.4 Å². The van der Waals surface area contributed by atoms with Gasteiger partial charge in [-0.3, -0.25) is 0 Å². The van der Waals surface area contributed by atoms with Crippen LogP contribution in [0.4, 0.5) is 34.1 Å². The van der Waals surface area contributed by atoms with Crippen molar-refractivity contribution in [1.82, 2.24) is 0 Å². The summed E-state index contributed by atoms with van der Waals surface area (Å²) in [7, 11) is 0. The lowest BCUT2D eigenvalue weighted by Gasteiger charge is -2.52. The molecular weight excluding hydrogens is 734 g/mol. The molecule has 2 nitrogen and oxygen atoms in total. The summed E-state index contributed by atoms with van der Waals surface area (Å²) in [5.74, 6) is 0. The first kappa shape index (κ1) is 37.5. The third-order valence-corrected chi connectivity index (χ3v) is 14.1. The van der Waals surface area contributed by atoms with Gasteiger partial charge in [0.25, 0.3) is 0 Å². The molecule has 8 aromatic carbocycles. The van der Waals surface area contributed by atoms with Crippen molar-refractivity contribution in [3.63, 3.8) is 0 Å². The van der Waals surface area contributed by atoms with E-state index in [0.717, 1.165) is 17.1 Å². The van der Waals surface area contributed by atoms with Crippen molar-refractivity contribution in [3.8, 4) is 11.1 Å². The normalized spacial score (nSPS) is 13.9. The zero-order chi connectivity index (χ0) is 41.9. The zero-order valence-electron chi connectivity index (χ0n) is 36.6. The van der Waals surface area contributed by atoms with Crippen LogP contribution in [0, 0.1) is 41.5 Å². The second-order valence-electron chi connectivity index (χ2n) is 18.5. The first-order chi connectivity index (χ1) is 29.5. The van der Waals surface area contributed by atoms with E-state index < -0.39 is 0 Å². The lowest BCUT2D eigenvalue weighted by atomic mass is 9.29. The summed E-state index contributed by atoms with van der Waals surface area (Å²) < 4.78 is 0. The molecule has 4 heteroatoms. The zero-order valence-corrected chi connectivity index (χ0v) is 36.6. The van der Waals surface area contributed by atoms with Crippen LogP contribution in [-0.2, 0) is 5.41 Å².